The summed E-state index contributed by atoms with van der Waals surface area (Å²) in [6.45, 7) is 0. The maximum atomic E-state index is 12.0. The van der Waals surface area contributed by atoms with Crippen molar-refractivity contribution in [2.24, 2.45) is 4.99 Å². The van der Waals surface area contributed by atoms with Gasteiger partial charge in [-0.05, 0) is 51.8 Å². The zero-order valence-corrected chi connectivity index (χ0v) is 13.3. The molecule has 0 N–H and O–H groups in total. The number of ether oxygens (including phenoxy) is 2. The van der Waals surface area contributed by atoms with Gasteiger partial charge in [0, 0.05) is 4.47 Å². The molecule has 0 spiro atoms. The Morgan fingerprint density at radius 1 is 1.18 bits per heavy atom. The molecule has 4 nitrogen and oxygen atoms in total. The Bertz CT molecular complexity index is 796. The number of rotatable bonds is 3. The first-order valence-electron chi connectivity index (χ1n) is 6.59. The standard InChI is InChI=1S/C17H12BrNO3/c1-21-12-6-4-5-11(9-12)10-15-17(20)22-16(19-15)13-7-2-3-8-14(13)18/h2-10H,1H3/b15-10-. The Balaban J connectivity index is 1.96. The van der Waals surface area contributed by atoms with Gasteiger partial charge < -0.3 is 9.47 Å². The van der Waals surface area contributed by atoms with Crippen LogP contribution in [0.15, 0.2) is 63.7 Å². The number of cyclic esters (lactones) is 1. The second-order valence-corrected chi connectivity index (χ2v) is 5.45. The van der Waals surface area contributed by atoms with Crippen LogP contribution in [0.2, 0.25) is 0 Å². The third-order valence-corrected chi connectivity index (χ3v) is 3.81. The predicted octanol–water partition coefficient (Wildman–Crippen LogP) is 3.80. The van der Waals surface area contributed by atoms with E-state index in [2.05, 4.69) is 20.9 Å². The van der Waals surface area contributed by atoms with Crippen molar-refractivity contribution in [3.8, 4) is 5.75 Å². The van der Waals surface area contributed by atoms with E-state index < -0.39 is 5.97 Å². The van der Waals surface area contributed by atoms with Crippen LogP contribution in [0.1, 0.15) is 11.1 Å². The van der Waals surface area contributed by atoms with Gasteiger partial charge in [0.1, 0.15) is 5.75 Å². The largest absolute Gasteiger partial charge is 0.497 e. The van der Waals surface area contributed by atoms with Gasteiger partial charge in [0.05, 0.1) is 12.7 Å². The maximum Gasteiger partial charge on any atom is 0.363 e. The molecule has 3 rings (SSSR count). The van der Waals surface area contributed by atoms with Gasteiger partial charge in [0.15, 0.2) is 5.70 Å². The van der Waals surface area contributed by atoms with Crippen molar-refractivity contribution in [1.82, 2.24) is 0 Å². The molecule has 0 atom stereocenters. The van der Waals surface area contributed by atoms with E-state index in [0.29, 0.717) is 5.90 Å². The van der Waals surface area contributed by atoms with E-state index in [1.165, 1.54) is 0 Å². The van der Waals surface area contributed by atoms with Gasteiger partial charge in [-0.2, -0.15) is 0 Å². The zero-order valence-electron chi connectivity index (χ0n) is 11.7. The smallest absolute Gasteiger partial charge is 0.363 e. The molecular weight excluding hydrogens is 346 g/mol. The van der Waals surface area contributed by atoms with Crippen LogP contribution in [-0.2, 0) is 9.53 Å². The zero-order chi connectivity index (χ0) is 15.5. The number of hydrogen-bond acceptors (Lipinski definition) is 4. The molecule has 2 aromatic carbocycles. The van der Waals surface area contributed by atoms with Gasteiger partial charge in [-0.3, -0.25) is 0 Å². The fraction of sp³-hybridized carbons (Fsp3) is 0.0588. The van der Waals surface area contributed by atoms with Gasteiger partial charge in [-0.15, -0.1) is 0 Å². The highest BCUT2D eigenvalue weighted by Gasteiger charge is 2.25. The monoisotopic (exact) mass is 357 g/mol. The molecule has 0 amide bonds. The highest BCUT2D eigenvalue weighted by molar-refractivity contribution is 9.10. The van der Waals surface area contributed by atoms with Gasteiger partial charge in [0.2, 0.25) is 5.90 Å². The molecule has 110 valence electrons. The van der Waals surface area contributed by atoms with Crippen molar-refractivity contribution in [1.29, 1.82) is 0 Å². The number of carbonyl (C=O) groups is 1. The Labute approximate surface area is 136 Å². The summed E-state index contributed by atoms with van der Waals surface area (Å²) in [5.41, 5.74) is 1.83. The van der Waals surface area contributed by atoms with Gasteiger partial charge in [0.25, 0.3) is 0 Å². The van der Waals surface area contributed by atoms with Crippen molar-refractivity contribution >= 4 is 33.9 Å². The molecular formula is C17H12BrNO3. The molecule has 0 unspecified atom stereocenters. The number of hydrogen-bond donors (Lipinski definition) is 0. The van der Waals surface area contributed by atoms with Crippen LogP contribution in [0.4, 0.5) is 0 Å². The SMILES string of the molecule is COc1cccc(/C=C2\N=C(c3ccccc3Br)OC2=O)c1. The van der Waals surface area contributed by atoms with E-state index in [1.807, 2.05) is 48.5 Å². The summed E-state index contributed by atoms with van der Waals surface area (Å²) in [5.74, 6) is 0.552. The minimum atomic E-state index is -0.464. The van der Waals surface area contributed by atoms with Crippen LogP contribution in [0.25, 0.3) is 6.08 Å². The van der Waals surface area contributed by atoms with Crippen LogP contribution >= 0.6 is 15.9 Å². The van der Waals surface area contributed by atoms with Crippen molar-refractivity contribution in [3.63, 3.8) is 0 Å². The third-order valence-electron chi connectivity index (χ3n) is 3.12. The topological polar surface area (TPSA) is 47.9 Å². The summed E-state index contributed by atoms with van der Waals surface area (Å²) in [4.78, 5) is 16.3. The average Bonchev–Trinajstić information content (AvgIpc) is 2.89. The number of benzene rings is 2. The van der Waals surface area contributed by atoms with E-state index in [0.717, 1.165) is 21.3 Å². The fourth-order valence-corrected chi connectivity index (χ4v) is 2.50. The lowest BCUT2D eigenvalue weighted by molar-refractivity contribution is -0.129. The molecule has 0 aliphatic carbocycles. The lowest BCUT2D eigenvalue weighted by Crippen LogP contribution is -2.05. The number of nitrogens with zero attached hydrogens (tertiary/aromatic N) is 1. The van der Waals surface area contributed by atoms with Crippen molar-refractivity contribution in [2.45, 2.75) is 0 Å². The van der Waals surface area contributed by atoms with Crippen LogP contribution in [0.5, 0.6) is 5.75 Å². The normalized spacial score (nSPS) is 15.6. The highest BCUT2D eigenvalue weighted by Crippen LogP contribution is 2.24. The molecule has 0 aromatic heterocycles. The van der Waals surface area contributed by atoms with Gasteiger partial charge >= 0.3 is 5.97 Å². The number of esters is 1. The number of carbonyl (C=O) groups excluding carboxylic acids is 1. The van der Waals surface area contributed by atoms with E-state index in [1.54, 1.807) is 13.2 Å². The lowest BCUT2D eigenvalue weighted by Gasteiger charge is -2.01. The van der Waals surface area contributed by atoms with Crippen LogP contribution < -0.4 is 4.74 Å². The Hall–Kier alpha value is -2.40. The average molecular weight is 358 g/mol. The molecule has 1 heterocycles. The Morgan fingerprint density at radius 3 is 2.77 bits per heavy atom. The second kappa shape index (κ2) is 6.15. The van der Waals surface area contributed by atoms with E-state index >= 15 is 0 Å². The Morgan fingerprint density at radius 2 is 2.00 bits per heavy atom. The third kappa shape index (κ3) is 2.94. The number of aliphatic imine (C=N–C) groups is 1. The molecule has 0 fully saturated rings. The predicted molar refractivity (Wildman–Crippen MR) is 87.7 cm³/mol. The molecule has 0 bridgehead atoms. The summed E-state index contributed by atoms with van der Waals surface area (Å²) in [7, 11) is 1.60. The summed E-state index contributed by atoms with van der Waals surface area (Å²) in [5, 5.41) is 0. The van der Waals surface area contributed by atoms with E-state index in [9.17, 15) is 4.79 Å². The van der Waals surface area contributed by atoms with Gasteiger partial charge in [-0.25, -0.2) is 9.79 Å². The van der Waals surface area contributed by atoms with Crippen LogP contribution in [0.3, 0.4) is 0 Å². The first-order chi connectivity index (χ1) is 10.7. The second-order valence-electron chi connectivity index (χ2n) is 4.59. The summed E-state index contributed by atoms with van der Waals surface area (Å²) in [6.07, 6.45) is 1.68. The number of halogens is 1. The summed E-state index contributed by atoms with van der Waals surface area (Å²) < 4.78 is 11.2. The quantitative estimate of drug-likeness (QED) is 0.619. The fourth-order valence-electron chi connectivity index (χ4n) is 2.05. The summed E-state index contributed by atoms with van der Waals surface area (Å²) in [6, 6.07) is 14.8. The summed E-state index contributed by atoms with van der Waals surface area (Å²) >= 11 is 3.42. The highest BCUT2D eigenvalue weighted by atomic mass is 79.9. The van der Waals surface area contributed by atoms with Crippen LogP contribution in [0, 0.1) is 0 Å². The molecule has 0 radical (unpaired) electrons. The van der Waals surface area contributed by atoms with Crippen molar-refractivity contribution in [2.75, 3.05) is 7.11 Å². The minimum absolute atomic E-state index is 0.263. The van der Waals surface area contributed by atoms with Crippen LogP contribution in [-0.4, -0.2) is 19.0 Å². The van der Waals surface area contributed by atoms with E-state index in [4.69, 9.17) is 9.47 Å². The molecule has 2 aromatic rings. The molecule has 1 aliphatic rings. The van der Waals surface area contributed by atoms with Crippen molar-refractivity contribution < 1.29 is 14.3 Å². The molecule has 0 saturated heterocycles. The maximum absolute atomic E-state index is 12.0. The molecule has 22 heavy (non-hydrogen) atoms. The minimum Gasteiger partial charge on any atom is -0.497 e. The Kier molecular flexibility index (Phi) is 4.06. The first kappa shape index (κ1) is 14.5. The lowest BCUT2D eigenvalue weighted by atomic mass is 10.2. The van der Waals surface area contributed by atoms with Crippen molar-refractivity contribution in [3.05, 3.63) is 69.8 Å². The van der Waals surface area contributed by atoms with Gasteiger partial charge in [-0.1, -0.05) is 24.3 Å². The first-order valence-corrected chi connectivity index (χ1v) is 7.38. The molecule has 0 saturated carbocycles. The molecule has 5 heteroatoms. The molecule has 1 aliphatic heterocycles. The van der Waals surface area contributed by atoms with E-state index in [-0.39, 0.29) is 5.70 Å². The number of methoxy groups -OCH3 is 1.